The number of carbonyl (C=O) groups is 2. The zero-order valence-electron chi connectivity index (χ0n) is 8.62. The van der Waals surface area contributed by atoms with Crippen molar-refractivity contribution in [3.05, 3.63) is 12.2 Å². The normalized spacial score (nSPS) is 21.6. The maximum atomic E-state index is 11.4. The van der Waals surface area contributed by atoms with Gasteiger partial charge in [0.25, 0.3) is 0 Å². The van der Waals surface area contributed by atoms with E-state index in [9.17, 15) is 9.59 Å². The van der Waals surface area contributed by atoms with Crippen molar-refractivity contribution in [3.8, 4) is 0 Å². The molecule has 0 radical (unpaired) electrons. The summed E-state index contributed by atoms with van der Waals surface area (Å²) in [6, 6.07) is 0. The zero-order chi connectivity index (χ0) is 10.6. The van der Waals surface area contributed by atoms with E-state index >= 15 is 0 Å². The van der Waals surface area contributed by atoms with Crippen molar-refractivity contribution < 1.29 is 9.59 Å². The molecule has 0 aromatic carbocycles. The number of amides is 2. The Morgan fingerprint density at radius 1 is 1.50 bits per heavy atom. The minimum atomic E-state index is -0.0331. The van der Waals surface area contributed by atoms with Crippen LogP contribution in [-0.2, 0) is 9.59 Å². The first-order chi connectivity index (χ1) is 6.69. The fraction of sp³-hybridized carbons (Fsp3) is 0.600. The number of allylic oxidation sites excluding steroid dienone is 1. The lowest BCUT2D eigenvalue weighted by Gasteiger charge is -2.13. The molecular weight excluding hydrogens is 180 g/mol. The summed E-state index contributed by atoms with van der Waals surface area (Å²) < 4.78 is 0. The standard InChI is InChI=1S/C10H16N2O2/c1-3-4-9(13)12-6-5-8(7-12)10(14)11-2/h3-4,8H,5-7H2,1-2H3,(H,11,14)/b4-3+. The van der Waals surface area contributed by atoms with Gasteiger partial charge in [-0.3, -0.25) is 9.59 Å². The lowest BCUT2D eigenvalue weighted by Crippen LogP contribution is -2.32. The molecular formula is C10H16N2O2. The summed E-state index contributed by atoms with van der Waals surface area (Å²) in [5.41, 5.74) is 0. The summed E-state index contributed by atoms with van der Waals surface area (Å²) in [4.78, 5) is 24.4. The van der Waals surface area contributed by atoms with Crippen molar-refractivity contribution in [3.63, 3.8) is 0 Å². The molecule has 0 aliphatic carbocycles. The van der Waals surface area contributed by atoms with E-state index in [0.29, 0.717) is 13.1 Å². The summed E-state index contributed by atoms with van der Waals surface area (Å²) in [6.45, 7) is 3.04. The lowest BCUT2D eigenvalue weighted by molar-refractivity contribution is -0.126. The van der Waals surface area contributed by atoms with Gasteiger partial charge in [0.1, 0.15) is 0 Å². The number of nitrogens with zero attached hydrogens (tertiary/aromatic N) is 1. The van der Waals surface area contributed by atoms with E-state index in [4.69, 9.17) is 0 Å². The predicted molar refractivity (Wildman–Crippen MR) is 53.6 cm³/mol. The van der Waals surface area contributed by atoms with Gasteiger partial charge in [0.05, 0.1) is 5.92 Å². The van der Waals surface area contributed by atoms with Crippen LogP contribution in [0.1, 0.15) is 13.3 Å². The van der Waals surface area contributed by atoms with Gasteiger partial charge in [-0.1, -0.05) is 6.08 Å². The van der Waals surface area contributed by atoms with Crippen molar-refractivity contribution >= 4 is 11.8 Å². The number of rotatable bonds is 2. The van der Waals surface area contributed by atoms with E-state index in [1.807, 2.05) is 6.92 Å². The second-order valence-electron chi connectivity index (χ2n) is 3.38. The molecule has 1 atom stereocenters. The molecule has 0 aromatic heterocycles. The first-order valence-corrected chi connectivity index (χ1v) is 4.82. The summed E-state index contributed by atoms with van der Waals surface area (Å²) in [7, 11) is 1.62. The van der Waals surface area contributed by atoms with Gasteiger partial charge in [-0.2, -0.15) is 0 Å². The van der Waals surface area contributed by atoms with Crippen LogP contribution in [0.5, 0.6) is 0 Å². The molecule has 0 spiro atoms. The molecule has 78 valence electrons. The molecule has 0 bridgehead atoms. The van der Waals surface area contributed by atoms with Gasteiger partial charge < -0.3 is 10.2 Å². The van der Waals surface area contributed by atoms with Crippen molar-refractivity contribution in [2.45, 2.75) is 13.3 Å². The quantitative estimate of drug-likeness (QED) is 0.639. The molecule has 4 nitrogen and oxygen atoms in total. The van der Waals surface area contributed by atoms with E-state index in [2.05, 4.69) is 5.32 Å². The SMILES string of the molecule is C/C=C/C(=O)N1CCC(C(=O)NC)C1. The highest BCUT2D eigenvalue weighted by atomic mass is 16.2. The fourth-order valence-corrected chi connectivity index (χ4v) is 1.63. The maximum absolute atomic E-state index is 11.4. The Bertz CT molecular complexity index is 261. The third kappa shape index (κ3) is 2.34. The molecule has 1 unspecified atom stereocenters. The smallest absolute Gasteiger partial charge is 0.246 e. The van der Waals surface area contributed by atoms with Gasteiger partial charge in [0.2, 0.25) is 11.8 Å². The third-order valence-corrected chi connectivity index (χ3v) is 2.43. The Balaban J connectivity index is 2.49. The molecule has 4 heteroatoms. The molecule has 0 saturated carbocycles. The maximum Gasteiger partial charge on any atom is 0.246 e. The Morgan fingerprint density at radius 3 is 2.79 bits per heavy atom. The van der Waals surface area contributed by atoms with E-state index in [1.54, 1.807) is 18.0 Å². The van der Waals surface area contributed by atoms with Gasteiger partial charge in [0, 0.05) is 20.1 Å². The van der Waals surface area contributed by atoms with Gasteiger partial charge in [-0.15, -0.1) is 0 Å². The lowest BCUT2D eigenvalue weighted by atomic mass is 10.1. The van der Waals surface area contributed by atoms with Crippen molar-refractivity contribution in [2.24, 2.45) is 5.92 Å². The van der Waals surface area contributed by atoms with Crippen LogP contribution in [-0.4, -0.2) is 36.9 Å². The van der Waals surface area contributed by atoms with Gasteiger partial charge in [0.15, 0.2) is 0 Å². The highest BCUT2D eigenvalue weighted by molar-refractivity contribution is 5.88. The van der Waals surface area contributed by atoms with E-state index in [0.717, 1.165) is 6.42 Å². The number of likely N-dealkylation sites (tertiary alicyclic amines) is 1. The molecule has 1 N–H and O–H groups in total. The Kier molecular flexibility index (Phi) is 3.68. The number of carbonyl (C=O) groups excluding carboxylic acids is 2. The Morgan fingerprint density at radius 2 is 2.21 bits per heavy atom. The highest BCUT2D eigenvalue weighted by Gasteiger charge is 2.29. The van der Waals surface area contributed by atoms with Crippen LogP contribution < -0.4 is 5.32 Å². The van der Waals surface area contributed by atoms with Crippen LogP contribution >= 0.6 is 0 Å². The van der Waals surface area contributed by atoms with Crippen molar-refractivity contribution in [1.82, 2.24) is 10.2 Å². The topological polar surface area (TPSA) is 49.4 Å². The molecule has 1 aliphatic rings. The van der Waals surface area contributed by atoms with Crippen LogP contribution in [0.2, 0.25) is 0 Å². The van der Waals surface area contributed by atoms with Crippen LogP contribution in [0.25, 0.3) is 0 Å². The van der Waals surface area contributed by atoms with E-state index in [-0.39, 0.29) is 17.7 Å². The van der Waals surface area contributed by atoms with Crippen LogP contribution in [0, 0.1) is 5.92 Å². The number of hydrogen-bond donors (Lipinski definition) is 1. The highest BCUT2D eigenvalue weighted by Crippen LogP contribution is 2.16. The molecule has 2 amide bonds. The molecule has 14 heavy (non-hydrogen) atoms. The van der Waals surface area contributed by atoms with Gasteiger partial charge in [-0.25, -0.2) is 0 Å². The van der Waals surface area contributed by atoms with Gasteiger partial charge >= 0.3 is 0 Å². The monoisotopic (exact) mass is 196 g/mol. The molecule has 1 saturated heterocycles. The van der Waals surface area contributed by atoms with Crippen LogP contribution in [0.3, 0.4) is 0 Å². The van der Waals surface area contributed by atoms with E-state index in [1.165, 1.54) is 6.08 Å². The molecule has 1 aliphatic heterocycles. The average Bonchev–Trinajstić information content (AvgIpc) is 2.66. The van der Waals surface area contributed by atoms with Gasteiger partial charge in [-0.05, 0) is 19.4 Å². The van der Waals surface area contributed by atoms with Crippen LogP contribution in [0.4, 0.5) is 0 Å². The summed E-state index contributed by atoms with van der Waals surface area (Å²) in [5.74, 6) is -0.00566. The summed E-state index contributed by atoms with van der Waals surface area (Å²) in [5, 5.41) is 2.60. The first kappa shape index (κ1) is 10.8. The van der Waals surface area contributed by atoms with Crippen molar-refractivity contribution in [2.75, 3.05) is 20.1 Å². The molecule has 0 aromatic rings. The Hall–Kier alpha value is -1.32. The molecule has 1 heterocycles. The Labute approximate surface area is 84.0 Å². The second kappa shape index (κ2) is 4.79. The molecule has 1 rings (SSSR count). The summed E-state index contributed by atoms with van der Waals surface area (Å²) in [6.07, 6.45) is 4.02. The van der Waals surface area contributed by atoms with Crippen molar-refractivity contribution in [1.29, 1.82) is 0 Å². The number of nitrogens with one attached hydrogen (secondary N) is 1. The largest absolute Gasteiger partial charge is 0.359 e. The number of hydrogen-bond acceptors (Lipinski definition) is 2. The molecule has 1 fully saturated rings. The predicted octanol–water partition coefficient (Wildman–Crippen LogP) is 0.157. The minimum Gasteiger partial charge on any atom is -0.359 e. The zero-order valence-corrected chi connectivity index (χ0v) is 8.62. The second-order valence-corrected chi connectivity index (χ2v) is 3.38. The average molecular weight is 196 g/mol. The van der Waals surface area contributed by atoms with Crippen LogP contribution in [0.15, 0.2) is 12.2 Å². The third-order valence-electron chi connectivity index (χ3n) is 2.43. The van der Waals surface area contributed by atoms with E-state index < -0.39 is 0 Å². The minimum absolute atomic E-state index is 0.00102. The summed E-state index contributed by atoms with van der Waals surface area (Å²) >= 11 is 0. The first-order valence-electron chi connectivity index (χ1n) is 4.82. The fourth-order valence-electron chi connectivity index (χ4n) is 1.63.